The maximum Gasteiger partial charge on any atom is 0.488 e. The molecule has 1 rings (SSSR count). The molecule has 0 unspecified atom stereocenters. The first-order valence-electron chi connectivity index (χ1n) is 5.64. The van der Waals surface area contributed by atoms with Crippen LogP contribution in [0.5, 0.6) is 0 Å². The fraction of sp³-hybridized carbons (Fsp3) is 0.667. The van der Waals surface area contributed by atoms with Crippen molar-refractivity contribution in [1.82, 2.24) is 4.57 Å². The highest BCUT2D eigenvalue weighted by Crippen LogP contribution is 2.26. The Hall–Kier alpha value is -0.970. The van der Waals surface area contributed by atoms with Gasteiger partial charge in [0.1, 0.15) is 0 Å². The molecule has 99 valence electrons. The predicted molar refractivity (Wildman–Crippen MR) is 60.3 cm³/mol. The molecule has 5 heteroatoms. The van der Waals surface area contributed by atoms with E-state index >= 15 is 0 Å². The van der Waals surface area contributed by atoms with Gasteiger partial charge < -0.3 is 0 Å². The van der Waals surface area contributed by atoms with E-state index in [-0.39, 0.29) is 18.0 Å². The fourth-order valence-corrected chi connectivity index (χ4v) is 1.42. The van der Waals surface area contributed by atoms with Gasteiger partial charge in [-0.15, -0.1) is 13.2 Å². The monoisotopic (exact) mass is 250 g/mol. The second-order valence-electron chi connectivity index (χ2n) is 3.83. The highest BCUT2D eigenvalue weighted by molar-refractivity contribution is 5.14. The molecule has 0 N–H and O–H groups in total. The molecule has 0 aromatic carbocycles. The van der Waals surface area contributed by atoms with Crippen LogP contribution >= 0.6 is 0 Å². The number of nitrogens with zero attached hydrogens (tertiary/aromatic N) is 1. The average Bonchev–Trinajstić information content (AvgIpc) is 2.55. The third kappa shape index (κ3) is 5.77. The summed E-state index contributed by atoms with van der Waals surface area (Å²) in [6.07, 6.45) is -1.17. The second kappa shape index (κ2) is 7.37. The minimum Gasteiger partial charge on any atom is -0.261 e. The Morgan fingerprint density at radius 2 is 1.59 bits per heavy atom. The third-order valence-corrected chi connectivity index (χ3v) is 2.27. The van der Waals surface area contributed by atoms with Crippen LogP contribution in [0.25, 0.3) is 0 Å². The average molecular weight is 250 g/mol. The van der Waals surface area contributed by atoms with E-state index in [0.29, 0.717) is 4.57 Å². The van der Waals surface area contributed by atoms with E-state index in [1.165, 1.54) is 26.0 Å². The first kappa shape index (κ1) is 16.0. The van der Waals surface area contributed by atoms with Gasteiger partial charge in [-0.05, 0) is 32.4 Å². The Balaban J connectivity index is 0.000000366. The van der Waals surface area contributed by atoms with E-state index < -0.39 is 6.30 Å². The van der Waals surface area contributed by atoms with Gasteiger partial charge in [0.15, 0.2) is 0 Å². The van der Waals surface area contributed by atoms with Gasteiger partial charge in [0.2, 0.25) is 0 Å². The van der Waals surface area contributed by atoms with Gasteiger partial charge >= 0.3 is 6.30 Å². The van der Waals surface area contributed by atoms with Crippen LogP contribution in [0.15, 0.2) is 12.1 Å². The standard InChI is InChI=1S/C7H8F3N.C5H11O/c1-5-3-4-6(2)11(5)7(8,9)10;1-2-3-4-5-6/h3-4H,1-2H3;2-5H2,1H3. The highest BCUT2D eigenvalue weighted by atomic mass is 19.4. The van der Waals surface area contributed by atoms with Crippen LogP contribution in [0.2, 0.25) is 0 Å². The van der Waals surface area contributed by atoms with Crippen LogP contribution in [0.1, 0.15) is 37.6 Å². The number of hydrogen-bond acceptors (Lipinski definition) is 0. The molecule has 17 heavy (non-hydrogen) atoms. The number of hydrogen-bond donors (Lipinski definition) is 0. The molecule has 0 bridgehead atoms. The summed E-state index contributed by atoms with van der Waals surface area (Å²) < 4.78 is 36.7. The molecule has 0 saturated heterocycles. The van der Waals surface area contributed by atoms with Crippen molar-refractivity contribution < 1.29 is 18.3 Å². The Labute approximate surface area is 100 Å². The van der Waals surface area contributed by atoms with Crippen molar-refractivity contribution >= 4 is 0 Å². The molecule has 0 amide bonds. The van der Waals surface area contributed by atoms with Crippen LogP contribution in [0.3, 0.4) is 0 Å². The van der Waals surface area contributed by atoms with Crippen LogP contribution in [-0.4, -0.2) is 11.2 Å². The van der Waals surface area contributed by atoms with Gasteiger partial charge in [0.25, 0.3) is 0 Å². The minimum absolute atomic E-state index is 0.105. The second-order valence-corrected chi connectivity index (χ2v) is 3.83. The van der Waals surface area contributed by atoms with E-state index in [1.54, 1.807) is 0 Å². The molecule has 0 atom stereocenters. The Bertz CT molecular complexity index is 295. The van der Waals surface area contributed by atoms with Crippen LogP contribution in [-0.2, 0) is 11.4 Å². The predicted octanol–water partition coefficient (Wildman–Crippen LogP) is 4.19. The lowest BCUT2D eigenvalue weighted by Crippen LogP contribution is -2.19. The normalized spacial score (nSPS) is 11.0. The molecule has 0 aliphatic heterocycles. The maximum absolute atomic E-state index is 12.1. The number of rotatable bonds is 3. The van der Waals surface area contributed by atoms with Gasteiger partial charge in [0, 0.05) is 11.4 Å². The van der Waals surface area contributed by atoms with Crippen LogP contribution in [0.4, 0.5) is 13.2 Å². The van der Waals surface area contributed by atoms with Gasteiger partial charge in [-0.2, -0.15) is 0 Å². The summed E-state index contributed by atoms with van der Waals surface area (Å²) in [6, 6.07) is 2.89. The van der Waals surface area contributed by atoms with Gasteiger partial charge in [0.05, 0.1) is 6.61 Å². The zero-order chi connectivity index (χ0) is 13.5. The third-order valence-electron chi connectivity index (χ3n) is 2.27. The lowest BCUT2D eigenvalue weighted by atomic mass is 10.3. The van der Waals surface area contributed by atoms with E-state index in [4.69, 9.17) is 0 Å². The topological polar surface area (TPSA) is 24.8 Å². The quantitative estimate of drug-likeness (QED) is 0.719. The molecule has 1 radical (unpaired) electrons. The van der Waals surface area contributed by atoms with Gasteiger partial charge in [-0.3, -0.25) is 4.57 Å². The zero-order valence-corrected chi connectivity index (χ0v) is 10.5. The SMILES string of the molecule is CCCCC[O].Cc1ccc(C)n1C(F)(F)F. The molecular formula is C12H19F3NO. The zero-order valence-electron chi connectivity index (χ0n) is 10.5. The Kier molecular flexibility index (Phi) is 6.95. The summed E-state index contributed by atoms with van der Waals surface area (Å²) in [5, 5.41) is 9.69. The van der Waals surface area contributed by atoms with Gasteiger partial charge in [-0.1, -0.05) is 19.8 Å². The number of aromatic nitrogens is 1. The molecule has 0 aliphatic rings. The van der Waals surface area contributed by atoms with Gasteiger partial charge in [-0.25, -0.2) is 5.11 Å². The molecule has 0 fully saturated rings. The molecular weight excluding hydrogens is 231 g/mol. The van der Waals surface area contributed by atoms with Crippen LogP contribution in [0, 0.1) is 13.8 Å². The maximum atomic E-state index is 12.1. The van der Waals surface area contributed by atoms with E-state index in [9.17, 15) is 18.3 Å². The number of alkyl halides is 3. The molecule has 0 saturated carbocycles. The van der Waals surface area contributed by atoms with Crippen LogP contribution < -0.4 is 0 Å². The highest BCUT2D eigenvalue weighted by Gasteiger charge is 2.32. The lowest BCUT2D eigenvalue weighted by Gasteiger charge is -2.12. The Morgan fingerprint density at radius 1 is 1.12 bits per heavy atom. The summed E-state index contributed by atoms with van der Waals surface area (Å²) in [4.78, 5) is 0. The molecule has 1 aromatic rings. The van der Waals surface area contributed by atoms with E-state index in [0.717, 1.165) is 19.3 Å². The van der Waals surface area contributed by atoms with Crippen molar-refractivity contribution in [3.8, 4) is 0 Å². The summed E-state index contributed by atoms with van der Waals surface area (Å²) in [7, 11) is 0. The summed E-state index contributed by atoms with van der Waals surface area (Å²) in [6.45, 7) is 5.06. The van der Waals surface area contributed by atoms with Crippen molar-refractivity contribution in [3.63, 3.8) is 0 Å². The molecule has 1 aromatic heterocycles. The Morgan fingerprint density at radius 3 is 1.76 bits per heavy atom. The fourth-order valence-electron chi connectivity index (χ4n) is 1.42. The first-order valence-corrected chi connectivity index (χ1v) is 5.64. The first-order chi connectivity index (χ1) is 7.84. The molecule has 1 heterocycles. The summed E-state index contributed by atoms with van der Waals surface area (Å²) in [5.74, 6) is 0. The number of unbranched alkanes of at least 4 members (excludes halogenated alkanes) is 2. The smallest absolute Gasteiger partial charge is 0.261 e. The largest absolute Gasteiger partial charge is 0.488 e. The summed E-state index contributed by atoms with van der Waals surface area (Å²) in [5.41, 5.74) is 0.435. The summed E-state index contributed by atoms with van der Waals surface area (Å²) >= 11 is 0. The van der Waals surface area contributed by atoms with Crippen molar-refractivity contribution in [2.45, 2.75) is 46.3 Å². The molecule has 0 spiro atoms. The molecule has 0 aliphatic carbocycles. The van der Waals surface area contributed by atoms with Crippen molar-refractivity contribution in [2.24, 2.45) is 0 Å². The van der Waals surface area contributed by atoms with E-state index in [2.05, 4.69) is 6.92 Å². The van der Waals surface area contributed by atoms with Crippen molar-refractivity contribution in [1.29, 1.82) is 0 Å². The number of aryl methyl sites for hydroxylation is 2. The minimum atomic E-state index is -4.28. The van der Waals surface area contributed by atoms with Crippen molar-refractivity contribution in [3.05, 3.63) is 23.5 Å². The number of halogens is 3. The van der Waals surface area contributed by atoms with E-state index in [1.807, 2.05) is 0 Å². The lowest BCUT2D eigenvalue weighted by molar-refractivity contribution is -0.205. The molecule has 2 nitrogen and oxygen atoms in total. The van der Waals surface area contributed by atoms with Crippen molar-refractivity contribution in [2.75, 3.05) is 6.61 Å².